The van der Waals surface area contributed by atoms with Crippen molar-refractivity contribution >= 4 is 11.6 Å². The van der Waals surface area contributed by atoms with Gasteiger partial charge in [-0.1, -0.05) is 37.6 Å². The van der Waals surface area contributed by atoms with Crippen molar-refractivity contribution in [2.45, 2.75) is 32.7 Å². The Kier molecular flexibility index (Phi) is 4.43. The summed E-state index contributed by atoms with van der Waals surface area (Å²) in [5, 5.41) is 0.766. The van der Waals surface area contributed by atoms with Crippen LogP contribution in [0.5, 0.6) is 0 Å². The van der Waals surface area contributed by atoms with Crippen LogP contribution in [0.1, 0.15) is 38.3 Å². The lowest BCUT2D eigenvalue weighted by Crippen LogP contribution is -2.11. The SMILES string of the molecule is CC(C)CCC(N)c1cccc(Cl)c1. The predicted molar refractivity (Wildman–Crippen MR) is 62.5 cm³/mol. The van der Waals surface area contributed by atoms with Crippen molar-refractivity contribution in [1.29, 1.82) is 0 Å². The molecule has 0 heterocycles. The Morgan fingerprint density at radius 2 is 2.00 bits per heavy atom. The van der Waals surface area contributed by atoms with E-state index in [0.717, 1.165) is 23.4 Å². The fraction of sp³-hybridized carbons (Fsp3) is 0.500. The fourth-order valence-electron chi connectivity index (χ4n) is 1.42. The molecule has 0 spiro atoms. The van der Waals surface area contributed by atoms with E-state index in [1.165, 1.54) is 0 Å². The maximum Gasteiger partial charge on any atom is 0.0409 e. The molecule has 0 saturated heterocycles. The van der Waals surface area contributed by atoms with E-state index in [9.17, 15) is 0 Å². The van der Waals surface area contributed by atoms with Gasteiger partial charge in [0.1, 0.15) is 0 Å². The summed E-state index contributed by atoms with van der Waals surface area (Å²) in [6.45, 7) is 4.43. The van der Waals surface area contributed by atoms with Gasteiger partial charge in [-0.15, -0.1) is 0 Å². The summed E-state index contributed by atoms with van der Waals surface area (Å²) in [7, 11) is 0. The van der Waals surface area contributed by atoms with Gasteiger partial charge < -0.3 is 5.73 Å². The Morgan fingerprint density at radius 1 is 1.29 bits per heavy atom. The molecule has 1 atom stereocenters. The predicted octanol–water partition coefficient (Wildman–Crippen LogP) is 3.78. The molecular formula is C12H18ClN. The highest BCUT2D eigenvalue weighted by Crippen LogP contribution is 2.21. The second kappa shape index (κ2) is 5.38. The van der Waals surface area contributed by atoms with Gasteiger partial charge in [-0.2, -0.15) is 0 Å². The molecule has 2 N–H and O–H groups in total. The highest BCUT2D eigenvalue weighted by atomic mass is 35.5. The summed E-state index contributed by atoms with van der Waals surface area (Å²) < 4.78 is 0. The number of rotatable bonds is 4. The van der Waals surface area contributed by atoms with Crippen LogP contribution in [0.2, 0.25) is 5.02 Å². The van der Waals surface area contributed by atoms with Gasteiger partial charge in [-0.25, -0.2) is 0 Å². The Morgan fingerprint density at radius 3 is 2.57 bits per heavy atom. The molecule has 1 aromatic rings. The molecule has 0 fully saturated rings. The van der Waals surface area contributed by atoms with E-state index < -0.39 is 0 Å². The van der Waals surface area contributed by atoms with Crippen molar-refractivity contribution in [3.8, 4) is 0 Å². The molecule has 0 aliphatic heterocycles. The molecule has 0 aliphatic carbocycles. The Bertz CT molecular complexity index is 283. The normalized spacial score (nSPS) is 13.2. The molecule has 2 heteroatoms. The van der Waals surface area contributed by atoms with Crippen LogP contribution in [0.25, 0.3) is 0 Å². The summed E-state index contributed by atoms with van der Waals surface area (Å²) in [6, 6.07) is 7.94. The first-order chi connectivity index (χ1) is 6.59. The van der Waals surface area contributed by atoms with Gasteiger partial charge in [-0.05, 0) is 36.5 Å². The van der Waals surface area contributed by atoms with E-state index in [-0.39, 0.29) is 6.04 Å². The van der Waals surface area contributed by atoms with Crippen LogP contribution in [0.15, 0.2) is 24.3 Å². The number of hydrogen-bond acceptors (Lipinski definition) is 1. The summed E-state index contributed by atoms with van der Waals surface area (Å²) in [5.74, 6) is 0.709. The minimum atomic E-state index is 0.121. The minimum Gasteiger partial charge on any atom is -0.324 e. The van der Waals surface area contributed by atoms with Crippen LogP contribution in [-0.4, -0.2) is 0 Å². The van der Waals surface area contributed by atoms with Crippen molar-refractivity contribution < 1.29 is 0 Å². The first-order valence-electron chi connectivity index (χ1n) is 5.10. The fourth-order valence-corrected chi connectivity index (χ4v) is 1.62. The lowest BCUT2D eigenvalue weighted by Gasteiger charge is -2.13. The molecule has 78 valence electrons. The van der Waals surface area contributed by atoms with E-state index in [0.29, 0.717) is 5.92 Å². The summed E-state index contributed by atoms with van der Waals surface area (Å²) in [5.41, 5.74) is 7.19. The Hall–Kier alpha value is -0.530. The zero-order valence-corrected chi connectivity index (χ0v) is 9.59. The molecule has 14 heavy (non-hydrogen) atoms. The number of nitrogens with two attached hydrogens (primary N) is 1. The van der Waals surface area contributed by atoms with E-state index in [4.69, 9.17) is 17.3 Å². The van der Waals surface area contributed by atoms with Gasteiger partial charge in [0.25, 0.3) is 0 Å². The third-order valence-electron chi connectivity index (χ3n) is 2.33. The van der Waals surface area contributed by atoms with Crippen molar-refractivity contribution in [2.75, 3.05) is 0 Å². The third-order valence-corrected chi connectivity index (χ3v) is 2.57. The number of benzene rings is 1. The van der Waals surface area contributed by atoms with Gasteiger partial charge in [0, 0.05) is 11.1 Å². The molecular weight excluding hydrogens is 194 g/mol. The van der Waals surface area contributed by atoms with Gasteiger partial charge in [0.15, 0.2) is 0 Å². The summed E-state index contributed by atoms with van der Waals surface area (Å²) in [4.78, 5) is 0. The zero-order valence-electron chi connectivity index (χ0n) is 8.83. The molecule has 1 unspecified atom stereocenters. The molecule has 0 radical (unpaired) electrons. The molecule has 0 aliphatic rings. The standard InChI is InChI=1S/C12H18ClN/c1-9(2)6-7-12(14)10-4-3-5-11(13)8-10/h3-5,8-9,12H,6-7,14H2,1-2H3. The third kappa shape index (κ3) is 3.69. The second-order valence-corrected chi connectivity index (χ2v) is 4.57. The second-order valence-electron chi connectivity index (χ2n) is 4.13. The maximum atomic E-state index is 6.05. The van der Waals surface area contributed by atoms with Gasteiger partial charge in [0.05, 0.1) is 0 Å². The molecule has 1 nitrogen and oxygen atoms in total. The van der Waals surface area contributed by atoms with Crippen molar-refractivity contribution in [3.63, 3.8) is 0 Å². The number of hydrogen-bond donors (Lipinski definition) is 1. The molecule has 0 saturated carbocycles. The molecule has 1 aromatic carbocycles. The molecule has 1 rings (SSSR count). The van der Waals surface area contributed by atoms with Crippen LogP contribution in [-0.2, 0) is 0 Å². The average molecular weight is 212 g/mol. The van der Waals surface area contributed by atoms with E-state index in [1.54, 1.807) is 0 Å². The van der Waals surface area contributed by atoms with Crippen LogP contribution in [0, 0.1) is 5.92 Å². The Balaban J connectivity index is 2.56. The highest BCUT2D eigenvalue weighted by Gasteiger charge is 2.06. The maximum absolute atomic E-state index is 6.05. The average Bonchev–Trinajstić information content (AvgIpc) is 2.14. The minimum absolute atomic E-state index is 0.121. The van der Waals surface area contributed by atoms with Gasteiger partial charge in [-0.3, -0.25) is 0 Å². The smallest absolute Gasteiger partial charge is 0.0409 e. The van der Waals surface area contributed by atoms with E-state index in [1.807, 2.05) is 24.3 Å². The highest BCUT2D eigenvalue weighted by molar-refractivity contribution is 6.30. The topological polar surface area (TPSA) is 26.0 Å². The monoisotopic (exact) mass is 211 g/mol. The Labute approximate surface area is 91.3 Å². The van der Waals surface area contributed by atoms with Crippen molar-refractivity contribution in [3.05, 3.63) is 34.9 Å². The van der Waals surface area contributed by atoms with Crippen LogP contribution >= 0.6 is 11.6 Å². The van der Waals surface area contributed by atoms with Crippen LogP contribution in [0.4, 0.5) is 0 Å². The van der Waals surface area contributed by atoms with E-state index in [2.05, 4.69) is 13.8 Å². The van der Waals surface area contributed by atoms with Crippen molar-refractivity contribution in [1.82, 2.24) is 0 Å². The van der Waals surface area contributed by atoms with Gasteiger partial charge in [0.2, 0.25) is 0 Å². The number of halogens is 1. The first-order valence-corrected chi connectivity index (χ1v) is 5.48. The lowest BCUT2D eigenvalue weighted by molar-refractivity contribution is 0.507. The van der Waals surface area contributed by atoms with E-state index >= 15 is 0 Å². The largest absolute Gasteiger partial charge is 0.324 e. The van der Waals surface area contributed by atoms with Gasteiger partial charge >= 0.3 is 0 Å². The van der Waals surface area contributed by atoms with Crippen LogP contribution in [0.3, 0.4) is 0 Å². The first kappa shape index (κ1) is 11.5. The quantitative estimate of drug-likeness (QED) is 0.806. The van der Waals surface area contributed by atoms with Crippen LogP contribution < -0.4 is 5.73 Å². The van der Waals surface area contributed by atoms with Crippen molar-refractivity contribution in [2.24, 2.45) is 11.7 Å². The summed E-state index contributed by atoms with van der Waals surface area (Å²) >= 11 is 5.90. The lowest BCUT2D eigenvalue weighted by atomic mass is 9.98. The molecule has 0 aromatic heterocycles. The zero-order chi connectivity index (χ0) is 10.6. The molecule has 0 bridgehead atoms. The summed E-state index contributed by atoms with van der Waals surface area (Å²) in [6.07, 6.45) is 2.19. The molecule has 0 amide bonds.